The molecule has 5 N–H and O–H groups in total. The van der Waals surface area contributed by atoms with Crippen LogP contribution in [-0.2, 0) is 6.54 Å². The van der Waals surface area contributed by atoms with Crippen molar-refractivity contribution in [1.82, 2.24) is 15.0 Å². The van der Waals surface area contributed by atoms with E-state index in [1.807, 2.05) is 6.07 Å². The van der Waals surface area contributed by atoms with Crippen LogP contribution in [-0.4, -0.2) is 34.4 Å². The van der Waals surface area contributed by atoms with Gasteiger partial charge in [0.25, 0.3) is 0 Å². The van der Waals surface area contributed by atoms with Crippen molar-refractivity contribution >= 4 is 41.6 Å². The van der Waals surface area contributed by atoms with Gasteiger partial charge in [0.1, 0.15) is 16.5 Å². The topological polar surface area (TPSA) is 129 Å². The Kier molecular flexibility index (Phi) is 9.49. The summed E-state index contributed by atoms with van der Waals surface area (Å²) in [4.78, 5) is 24.6. The number of aromatic nitrogens is 3. The maximum atomic E-state index is 12.5. The second-order valence-corrected chi connectivity index (χ2v) is 5.71. The van der Waals surface area contributed by atoms with E-state index in [0.717, 1.165) is 12.0 Å². The number of methoxy groups -OCH3 is 1. The van der Waals surface area contributed by atoms with Gasteiger partial charge in [-0.25, -0.2) is 9.97 Å². The van der Waals surface area contributed by atoms with Crippen LogP contribution in [0.5, 0.6) is 5.88 Å². The van der Waals surface area contributed by atoms with Crippen molar-refractivity contribution in [2.45, 2.75) is 19.4 Å². The molecule has 2 rings (SSSR count). The fourth-order valence-corrected chi connectivity index (χ4v) is 2.40. The molecule has 0 aliphatic carbocycles. The molecule has 0 saturated carbocycles. The van der Waals surface area contributed by atoms with Crippen LogP contribution >= 0.6 is 24.0 Å². The van der Waals surface area contributed by atoms with Crippen molar-refractivity contribution in [1.29, 1.82) is 0 Å². The van der Waals surface area contributed by atoms with Gasteiger partial charge < -0.3 is 21.5 Å². The average molecular weight is 413 g/mol. The molecular weight excluding hydrogens is 391 g/mol. The molecule has 27 heavy (non-hydrogen) atoms. The maximum Gasteiger partial charge on any atom is 0.223 e. The minimum atomic E-state index is -0.303. The lowest BCUT2D eigenvalue weighted by atomic mass is 10.1. The first-order chi connectivity index (χ1) is 12.5. The van der Waals surface area contributed by atoms with Crippen molar-refractivity contribution in [3.8, 4) is 5.88 Å². The van der Waals surface area contributed by atoms with E-state index in [9.17, 15) is 4.79 Å². The molecule has 0 bridgehead atoms. The largest absolute Gasteiger partial charge is 0.481 e. The van der Waals surface area contributed by atoms with Gasteiger partial charge in [-0.15, -0.1) is 12.4 Å². The third-order valence-electron chi connectivity index (χ3n) is 3.44. The number of ketones is 1. The Bertz CT molecular complexity index is 784. The fourth-order valence-electron chi connectivity index (χ4n) is 2.13. The molecule has 2 aromatic heterocycles. The van der Waals surface area contributed by atoms with Gasteiger partial charge in [-0.3, -0.25) is 4.79 Å². The Labute approximate surface area is 168 Å². The molecule has 0 fully saturated rings. The molecule has 0 radical (unpaired) electrons. The number of unbranched alkanes of at least 4 members (excludes halogenated alkanes) is 1. The predicted octanol–water partition coefficient (Wildman–Crippen LogP) is 2.63. The van der Waals surface area contributed by atoms with Crippen molar-refractivity contribution < 1.29 is 9.53 Å². The summed E-state index contributed by atoms with van der Waals surface area (Å²) in [6.45, 7) is 0.938. The Morgan fingerprint density at radius 3 is 2.78 bits per heavy atom. The summed E-state index contributed by atoms with van der Waals surface area (Å²) in [6, 6.07) is 3.59. The van der Waals surface area contributed by atoms with E-state index in [0.29, 0.717) is 25.4 Å². The van der Waals surface area contributed by atoms with Gasteiger partial charge in [-0.05, 0) is 31.0 Å². The molecule has 2 aromatic rings. The maximum absolute atomic E-state index is 12.5. The Morgan fingerprint density at radius 1 is 1.37 bits per heavy atom. The van der Waals surface area contributed by atoms with Crippen LogP contribution in [0.1, 0.15) is 28.8 Å². The number of hydrogen-bond acceptors (Lipinski definition) is 8. The number of hydrogen-bond donors (Lipinski definition) is 3. The summed E-state index contributed by atoms with van der Waals surface area (Å²) in [7, 11) is 1.55. The quantitative estimate of drug-likeness (QED) is 0.248. The zero-order valence-electron chi connectivity index (χ0n) is 14.8. The Balaban J connectivity index is 0.00000364. The molecule has 0 unspecified atom stereocenters. The van der Waals surface area contributed by atoms with Gasteiger partial charge >= 0.3 is 0 Å². The minimum absolute atomic E-state index is 0. The van der Waals surface area contributed by atoms with E-state index in [4.69, 9.17) is 27.8 Å². The lowest BCUT2D eigenvalue weighted by molar-refractivity contribution is 0.104. The summed E-state index contributed by atoms with van der Waals surface area (Å²) >= 11 is 6.12. The van der Waals surface area contributed by atoms with Crippen molar-refractivity contribution in [3.63, 3.8) is 0 Å². The molecule has 0 atom stereocenters. The smallest absolute Gasteiger partial charge is 0.223 e. The number of carbonyl (C=O) groups excluding carboxylic acids is 1. The summed E-state index contributed by atoms with van der Waals surface area (Å²) in [5.74, 6) is 0.463. The zero-order chi connectivity index (χ0) is 18.9. The zero-order valence-corrected chi connectivity index (χ0v) is 16.4. The van der Waals surface area contributed by atoms with E-state index >= 15 is 0 Å². The highest BCUT2D eigenvalue weighted by Crippen LogP contribution is 2.24. The number of ether oxygens (including phenoxy) is 1. The molecule has 8 nitrogen and oxygen atoms in total. The summed E-state index contributed by atoms with van der Waals surface area (Å²) in [5.41, 5.74) is 12.1. The summed E-state index contributed by atoms with van der Waals surface area (Å²) in [5, 5.41) is 3.06. The number of halogens is 2. The highest BCUT2D eigenvalue weighted by molar-refractivity contribution is 6.34. The minimum Gasteiger partial charge on any atom is -0.481 e. The van der Waals surface area contributed by atoms with Crippen LogP contribution in [0.2, 0.25) is 5.15 Å². The van der Waals surface area contributed by atoms with Crippen molar-refractivity contribution in [3.05, 3.63) is 46.8 Å². The van der Waals surface area contributed by atoms with E-state index in [1.54, 1.807) is 25.4 Å². The van der Waals surface area contributed by atoms with E-state index < -0.39 is 0 Å². The monoisotopic (exact) mass is 412 g/mol. The summed E-state index contributed by atoms with van der Waals surface area (Å²) < 4.78 is 5.02. The average Bonchev–Trinajstić information content (AvgIpc) is 2.63. The van der Waals surface area contributed by atoms with E-state index in [2.05, 4.69) is 20.3 Å². The van der Waals surface area contributed by atoms with Gasteiger partial charge in [0, 0.05) is 18.8 Å². The van der Waals surface area contributed by atoms with Crippen LogP contribution in [0.25, 0.3) is 0 Å². The van der Waals surface area contributed by atoms with Gasteiger partial charge in [-0.2, -0.15) is 4.98 Å². The highest BCUT2D eigenvalue weighted by atomic mass is 35.5. The Morgan fingerprint density at radius 2 is 2.15 bits per heavy atom. The predicted molar refractivity (Wildman–Crippen MR) is 109 cm³/mol. The van der Waals surface area contributed by atoms with Gasteiger partial charge in [0.2, 0.25) is 11.8 Å². The normalized spacial score (nSPS) is 10.5. The van der Waals surface area contributed by atoms with Crippen LogP contribution < -0.4 is 21.5 Å². The first-order valence-corrected chi connectivity index (χ1v) is 8.39. The highest BCUT2D eigenvalue weighted by Gasteiger charge is 2.17. The fraction of sp³-hybridized carbons (Fsp3) is 0.294. The SMILES string of the molecule is COc1ccc(CNc2nc(N)nc(Cl)c2C(=O)/C=C/CCCN)cn1.Cl. The number of nitrogen functional groups attached to an aromatic ring is 1. The van der Waals surface area contributed by atoms with Gasteiger partial charge in [0.15, 0.2) is 5.78 Å². The number of carbonyl (C=O) groups is 1. The molecule has 0 aliphatic heterocycles. The van der Waals surface area contributed by atoms with Gasteiger partial charge in [-0.1, -0.05) is 23.7 Å². The second-order valence-electron chi connectivity index (χ2n) is 5.36. The lowest BCUT2D eigenvalue weighted by Crippen LogP contribution is -2.11. The van der Waals surface area contributed by atoms with Crippen molar-refractivity contribution in [2.75, 3.05) is 24.7 Å². The van der Waals surface area contributed by atoms with Crippen LogP contribution in [0.3, 0.4) is 0 Å². The van der Waals surface area contributed by atoms with Crippen LogP contribution in [0.15, 0.2) is 30.5 Å². The standard InChI is InChI=1S/C17H21ClN6O2.ClH/c1-26-13-7-6-11(9-21-13)10-22-16-14(15(18)23-17(20)24-16)12(25)5-3-2-4-8-19;/h3,5-7,9H,2,4,8,10,19H2,1H3,(H3,20,22,23,24);1H/b5-3+;. The molecular formula is C17H22Cl2N6O2. The number of anilines is 2. The molecule has 10 heteroatoms. The summed E-state index contributed by atoms with van der Waals surface area (Å²) in [6.07, 6.45) is 6.35. The molecule has 146 valence electrons. The van der Waals surface area contributed by atoms with Gasteiger partial charge in [0.05, 0.1) is 7.11 Å². The van der Waals surface area contributed by atoms with Crippen LogP contribution in [0, 0.1) is 0 Å². The number of nitrogens with one attached hydrogen (secondary N) is 1. The number of nitrogens with zero attached hydrogens (tertiary/aromatic N) is 3. The first-order valence-electron chi connectivity index (χ1n) is 8.02. The third-order valence-corrected chi connectivity index (χ3v) is 3.71. The number of pyridine rings is 1. The lowest BCUT2D eigenvalue weighted by Gasteiger charge is -2.11. The number of nitrogens with two attached hydrogens (primary N) is 2. The van der Waals surface area contributed by atoms with Crippen molar-refractivity contribution in [2.24, 2.45) is 5.73 Å². The third kappa shape index (κ3) is 6.67. The molecule has 0 amide bonds. The van der Waals surface area contributed by atoms with E-state index in [-0.39, 0.29) is 40.7 Å². The first kappa shape index (κ1) is 22.6. The molecule has 0 aromatic carbocycles. The van der Waals surface area contributed by atoms with E-state index in [1.165, 1.54) is 6.08 Å². The van der Waals surface area contributed by atoms with Crippen LogP contribution in [0.4, 0.5) is 11.8 Å². The Hall–Kier alpha value is -2.42. The molecule has 0 spiro atoms. The number of rotatable bonds is 9. The molecule has 2 heterocycles. The molecule has 0 aliphatic rings. The second kappa shape index (κ2) is 11.3. The number of allylic oxidation sites excluding steroid dienone is 2. The molecule has 0 saturated heterocycles.